The number of pyridine rings is 1. The summed E-state index contributed by atoms with van der Waals surface area (Å²) in [5.74, 6) is 1.88. The van der Waals surface area contributed by atoms with Gasteiger partial charge in [-0.15, -0.1) is 11.6 Å². The molecule has 1 N–H and O–H groups in total. The first kappa shape index (κ1) is 12.6. The Kier molecular flexibility index (Phi) is 4.60. The Morgan fingerprint density at radius 2 is 2.12 bits per heavy atom. The molecule has 1 aliphatic carbocycles. The smallest absolute Gasteiger partial charge is 0.165 e. The summed E-state index contributed by atoms with van der Waals surface area (Å²) in [5.41, 5.74) is 0. The average molecular weight is 257 g/mol. The minimum absolute atomic E-state index is 0.286. The third-order valence-electron chi connectivity index (χ3n) is 3.55. The predicted octanol–water partition coefficient (Wildman–Crippen LogP) is 3.68. The SMILES string of the molecule is Fc1cccnc1NCC1CCCCC1CCl. The first-order valence-corrected chi connectivity index (χ1v) is 6.75. The molecule has 2 unspecified atom stereocenters. The maximum Gasteiger partial charge on any atom is 0.165 e. The quantitative estimate of drug-likeness (QED) is 0.832. The topological polar surface area (TPSA) is 24.9 Å². The third-order valence-corrected chi connectivity index (χ3v) is 3.95. The zero-order valence-electron chi connectivity index (χ0n) is 9.83. The number of hydrogen-bond acceptors (Lipinski definition) is 2. The Hall–Kier alpha value is -0.830. The van der Waals surface area contributed by atoms with Crippen molar-refractivity contribution < 1.29 is 4.39 Å². The van der Waals surface area contributed by atoms with Crippen molar-refractivity contribution in [2.24, 2.45) is 11.8 Å². The van der Waals surface area contributed by atoms with Crippen LogP contribution in [0, 0.1) is 17.7 Å². The molecule has 1 aromatic heterocycles. The lowest BCUT2D eigenvalue weighted by molar-refractivity contribution is 0.271. The third kappa shape index (κ3) is 3.32. The highest BCUT2D eigenvalue weighted by Gasteiger charge is 2.24. The van der Waals surface area contributed by atoms with Crippen molar-refractivity contribution in [2.75, 3.05) is 17.7 Å². The van der Waals surface area contributed by atoms with Gasteiger partial charge in [0.2, 0.25) is 0 Å². The number of anilines is 1. The van der Waals surface area contributed by atoms with Crippen LogP contribution in [-0.2, 0) is 0 Å². The largest absolute Gasteiger partial charge is 0.367 e. The minimum Gasteiger partial charge on any atom is -0.367 e. The van der Waals surface area contributed by atoms with Gasteiger partial charge in [-0.3, -0.25) is 0 Å². The normalized spacial score (nSPS) is 24.6. The number of rotatable bonds is 4. The summed E-state index contributed by atoms with van der Waals surface area (Å²) in [6.07, 6.45) is 6.50. The van der Waals surface area contributed by atoms with E-state index in [1.54, 1.807) is 12.3 Å². The summed E-state index contributed by atoms with van der Waals surface area (Å²) in [5, 5.41) is 3.10. The van der Waals surface area contributed by atoms with E-state index in [4.69, 9.17) is 11.6 Å². The lowest BCUT2D eigenvalue weighted by atomic mass is 9.80. The molecule has 0 radical (unpaired) electrons. The van der Waals surface area contributed by atoms with Gasteiger partial charge in [0.15, 0.2) is 11.6 Å². The van der Waals surface area contributed by atoms with Gasteiger partial charge in [-0.2, -0.15) is 0 Å². The van der Waals surface area contributed by atoms with E-state index < -0.39 is 0 Å². The van der Waals surface area contributed by atoms with Gasteiger partial charge < -0.3 is 5.32 Å². The van der Waals surface area contributed by atoms with Gasteiger partial charge in [-0.05, 0) is 36.8 Å². The number of nitrogens with zero attached hydrogens (tertiary/aromatic N) is 1. The van der Waals surface area contributed by atoms with Crippen molar-refractivity contribution in [2.45, 2.75) is 25.7 Å². The molecule has 0 aliphatic heterocycles. The van der Waals surface area contributed by atoms with Crippen molar-refractivity contribution in [1.82, 2.24) is 4.98 Å². The van der Waals surface area contributed by atoms with Crippen LogP contribution in [0.3, 0.4) is 0 Å². The molecule has 2 rings (SSSR count). The van der Waals surface area contributed by atoms with Crippen LogP contribution < -0.4 is 5.32 Å². The summed E-state index contributed by atoms with van der Waals surface area (Å²) in [6.45, 7) is 0.769. The minimum atomic E-state index is -0.286. The van der Waals surface area contributed by atoms with Gasteiger partial charge in [0.25, 0.3) is 0 Å². The fraction of sp³-hybridized carbons (Fsp3) is 0.615. The Balaban J connectivity index is 1.90. The number of halogens is 2. The van der Waals surface area contributed by atoms with Gasteiger partial charge in [-0.1, -0.05) is 12.8 Å². The van der Waals surface area contributed by atoms with Gasteiger partial charge in [-0.25, -0.2) is 9.37 Å². The highest BCUT2D eigenvalue weighted by atomic mass is 35.5. The second-order valence-corrected chi connectivity index (χ2v) is 4.98. The molecular formula is C13H18ClFN2. The first-order chi connectivity index (χ1) is 8.31. The molecule has 1 aromatic rings. The number of alkyl halides is 1. The van der Waals surface area contributed by atoms with Crippen LogP contribution in [0.5, 0.6) is 0 Å². The van der Waals surface area contributed by atoms with E-state index in [0.717, 1.165) is 6.54 Å². The van der Waals surface area contributed by atoms with E-state index in [1.807, 2.05) is 0 Å². The molecular weight excluding hydrogens is 239 g/mol. The van der Waals surface area contributed by atoms with E-state index in [-0.39, 0.29) is 5.82 Å². The number of aromatic nitrogens is 1. The van der Waals surface area contributed by atoms with Crippen molar-refractivity contribution >= 4 is 17.4 Å². The zero-order valence-corrected chi connectivity index (χ0v) is 10.6. The van der Waals surface area contributed by atoms with Crippen LogP contribution >= 0.6 is 11.6 Å². The van der Waals surface area contributed by atoms with Crippen LogP contribution in [0.15, 0.2) is 18.3 Å². The lowest BCUT2D eigenvalue weighted by Crippen LogP contribution is -2.27. The summed E-state index contributed by atoms with van der Waals surface area (Å²) >= 11 is 5.97. The second-order valence-electron chi connectivity index (χ2n) is 4.67. The number of nitrogens with one attached hydrogen (secondary N) is 1. The monoisotopic (exact) mass is 256 g/mol. The fourth-order valence-electron chi connectivity index (χ4n) is 2.50. The molecule has 94 valence electrons. The van der Waals surface area contributed by atoms with E-state index in [0.29, 0.717) is 23.5 Å². The molecule has 0 aromatic carbocycles. The molecule has 17 heavy (non-hydrogen) atoms. The van der Waals surface area contributed by atoms with Crippen molar-refractivity contribution in [3.63, 3.8) is 0 Å². The Bertz CT molecular complexity index is 359. The van der Waals surface area contributed by atoms with Gasteiger partial charge in [0, 0.05) is 18.6 Å². The highest BCUT2D eigenvalue weighted by Crippen LogP contribution is 2.31. The molecule has 2 nitrogen and oxygen atoms in total. The maximum atomic E-state index is 13.4. The van der Waals surface area contributed by atoms with E-state index in [1.165, 1.54) is 31.7 Å². The fourth-order valence-corrected chi connectivity index (χ4v) is 2.91. The molecule has 0 bridgehead atoms. The van der Waals surface area contributed by atoms with Crippen molar-refractivity contribution in [3.05, 3.63) is 24.1 Å². The molecule has 0 spiro atoms. The summed E-state index contributed by atoms with van der Waals surface area (Å²) < 4.78 is 13.4. The summed E-state index contributed by atoms with van der Waals surface area (Å²) in [6, 6.07) is 3.03. The first-order valence-electron chi connectivity index (χ1n) is 6.21. The molecule has 2 atom stereocenters. The van der Waals surface area contributed by atoms with Crippen molar-refractivity contribution in [3.8, 4) is 0 Å². The summed E-state index contributed by atoms with van der Waals surface area (Å²) in [4.78, 5) is 3.99. The molecule has 0 amide bonds. The standard InChI is InChI=1S/C13H18ClFN2/c14-8-10-4-1-2-5-11(10)9-17-13-12(15)6-3-7-16-13/h3,6-7,10-11H,1-2,4-5,8-9H2,(H,16,17). The average Bonchev–Trinajstić information content (AvgIpc) is 2.38. The van der Waals surface area contributed by atoms with Crippen LogP contribution in [-0.4, -0.2) is 17.4 Å². The highest BCUT2D eigenvalue weighted by molar-refractivity contribution is 6.18. The van der Waals surface area contributed by atoms with Gasteiger partial charge in [0.1, 0.15) is 0 Å². The lowest BCUT2D eigenvalue weighted by Gasteiger charge is -2.30. The second kappa shape index (κ2) is 6.20. The Morgan fingerprint density at radius 3 is 2.82 bits per heavy atom. The van der Waals surface area contributed by atoms with Crippen LogP contribution in [0.2, 0.25) is 0 Å². The predicted molar refractivity (Wildman–Crippen MR) is 68.9 cm³/mol. The van der Waals surface area contributed by atoms with Gasteiger partial charge >= 0.3 is 0 Å². The molecule has 4 heteroatoms. The van der Waals surface area contributed by atoms with Crippen LogP contribution in [0.1, 0.15) is 25.7 Å². The Morgan fingerprint density at radius 1 is 1.35 bits per heavy atom. The molecule has 1 saturated carbocycles. The summed E-state index contributed by atoms with van der Waals surface area (Å²) in [7, 11) is 0. The van der Waals surface area contributed by atoms with E-state index in [9.17, 15) is 4.39 Å². The molecule has 1 aliphatic rings. The van der Waals surface area contributed by atoms with E-state index in [2.05, 4.69) is 10.3 Å². The molecule has 1 heterocycles. The Labute approximate surface area is 107 Å². The zero-order chi connectivity index (χ0) is 12.1. The van der Waals surface area contributed by atoms with Crippen LogP contribution in [0.25, 0.3) is 0 Å². The molecule has 0 saturated heterocycles. The number of hydrogen-bond donors (Lipinski definition) is 1. The van der Waals surface area contributed by atoms with Gasteiger partial charge in [0.05, 0.1) is 0 Å². The molecule has 1 fully saturated rings. The van der Waals surface area contributed by atoms with E-state index >= 15 is 0 Å². The van der Waals surface area contributed by atoms with Crippen LogP contribution in [0.4, 0.5) is 10.2 Å². The maximum absolute atomic E-state index is 13.4. The van der Waals surface area contributed by atoms with Crippen molar-refractivity contribution in [1.29, 1.82) is 0 Å².